The maximum absolute atomic E-state index is 4.34. The highest BCUT2D eigenvalue weighted by molar-refractivity contribution is 5.85. The molecule has 0 saturated carbocycles. The van der Waals surface area contributed by atoms with Gasteiger partial charge in [0.25, 0.3) is 0 Å². The van der Waals surface area contributed by atoms with Gasteiger partial charge in [0.2, 0.25) is 0 Å². The zero-order chi connectivity index (χ0) is 13.8. The van der Waals surface area contributed by atoms with Crippen molar-refractivity contribution in [3.05, 3.63) is 60.4 Å². The number of benzene rings is 2. The third kappa shape index (κ3) is 2.82. The maximum Gasteiger partial charge on any atom is 0.0539 e. The number of fused-ring (bicyclic) bond motifs is 1. The summed E-state index contributed by atoms with van der Waals surface area (Å²) in [4.78, 5) is 0. The van der Waals surface area contributed by atoms with Crippen LogP contribution < -0.4 is 5.32 Å². The van der Waals surface area contributed by atoms with Gasteiger partial charge in [-0.3, -0.25) is 4.68 Å². The standard InChI is InChI=1S/C17H19N3/c1-2-9-20-13-14(12-19-20)11-18-17-8-7-15-5-3-4-6-16(15)10-17/h3-8,10,12-13,18H,2,9,11H2,1H3. The van der Waals surface area contributed by atoms with Gasteiger partial charge in [-0.2, -0.15) is 5.10 Å². The third-order valence-electron chi connectivity index (χ3n) is 3.39. The first-order valence-corrected chi connectivity index (χ1v) is 7.09. The van der Waals surface area contributed by atoms with Crippen LogP contribution in [0.5, 0.6) is 0 Å². The molecule has 1 N–H and O–H groups in total. The number of aryl methyl sites for hydroxylation is 1. The van der Waals surface area contributed by atoms with Gasteiger partial charge < -0.3 is 5.32 Å². The quantitative estimate of drug-likeness (QED) is 0.754. The third-order valence-corrected chi connectivity index (χ3v) is 3.39. The van der Waals surface area contributed by atoms with Crippen LogP contribution in [0.3, 0.4) is 0 Å². The second-order valence-corrected chi connectivity index (χ2v) is 5.03. The van der Waals surface area contributed by atoms with Crippen LogP contribution in [0.1, 0.15) is 18.9 Å². The van der Waals surface area contributed by atoms with Crippen LogP contribution in [0.2, 0.25) is 0 Å². The zero-order valence-corrected chi connectivity index (χ0v) is 11.7. The van der Waals surface area contributed by atoms with Crippen LogP contribution in [0.4, 0.5) is 5.69 Å². The molecule has 2 aromatic carbocycles. The van der Waals surface area contributed by atoms with E-state index in [-0.39, 0.29) is 0 Å². The molecule has 1 heterocycles. The highest BCUT2D eigenvalue weighted by atomic mass is 15.3. The van der Waals surface area contributed by atoms with E-state index < -0.39 is 0 Å². The molecule has 3 nitrogen and oxygen atoms in total. The summed E-state index contributed by atoms with van der Waals surface area (Å²) < 4.78 is 2.00. The maximum atomic E-state index is 4.34. The second-order valence-electron chi connectivity index (χ2n) is 5.03. The number of nitrogens with one attached hydrogen (secondary N) is 1. The molecular weight excluding hydrogens is 246 g/mol. The Kier molecular flexibility index (Phi) is 3.68. The molecule has 20 heavy (non-hydrogen) atoms. The van der Waals surface area contributed by atoms with Crippen LogP contribution in [-0.4, -0.2) is 9.78 Å². The van der Waals surface area contributed by atoms with Crippen LogP contribution in [0, 0.1) is 0 Å². The van der Waals surface area contributed by atoms with Crippen molar-refractivity contribution in [1.82, 2.24) is 9.78 Å². The van der Waals surface area contributed by atoms with E-state index in [4.69, 9.17) is 0 Å². The number of hydrogen-bond acceptors (Lipinski definition) is 2. The molecule has 0 bridgehead atoms. The number of nitrogens with zero attached hydrogens (tertiary/aromatic N) is 2. The Morgan fingerprint density at radius 1 is 1.10 bits per heavy atom. The first kappa shape index (κ1) is 12.7. The summed E-state index contributed by atoms with van der Waals surface area (Å²) in [6.45, 7) is 3.95. The molecule has 3 heteroatoms. The molecule has 0 amide bonds. The Labute approximate surface area is 119 Å². The van der Waals surface area contributed by atoms with Gasteiger partial charge in [0.15, 0.2) is 0 Å². The first-order valence-electron chi connectivity index (χ1n) is 7.09. The molecule has 0 spiro atoms. The predicted octanol–water partition coefficient (Wildman–Crippen LogP) is 4.06. The fraction of sp³-hybridized carbons (Fsp3) is 0.235. The van der Waals surface area contributed by atoms with Crippen molar-refractivity contribution < 1.29 is 0 Å². The van der Waals surface area contributed by atoms with E-state index in [1.165, 1.54) is 16.3 Å². The van der Waals surface area contributed by atoms with Crippen molar-refractivity contribution in [2.45, 2.75) is 26.4 Å². The lowest BCUT2D eigenvalue weighted by Crippen LogP contribution is -1.99. The van der Waals surface area contributed by atoms with Crippen LogP contribution in [0.25, 0.3) is 10.8 Å². The Morgan fingerprint density at radius 2 is 1.95 bits per heavy atom. The van der Waals surface area contributed by atoms with Crippen molar-refractivity contribution in [2.24, 2.45) is 0 Å². The van der Waals surface area contributed by atoms with Gasteiger partial charge >= 0.3 is 0 Å². The lowest BCUT2D eigenvalue weighted by molar-refractivity contribution is 0.602. The number of anilines is 1. The van der Waals surface area contributed by atoms with E-state index in [1.807, 2.05) is 10.9 Å². The monoisotopic (exact) mass is 265 g/mol. The Morgan fingerprint density at radius 3 is 2.80 bits per heavy atom. The van der Waals surface area contributed by atoms with Crippen LogP contribution in [-0.2, 0) is 13.1 Å². The summed E-state index contributed by atoms with van der Waals surface area (Å²) in [6, 6.07) is 14.9. The van der Waals surface area contributed by atoms with Crippen LogP contribution >= 0.6 is 0 Å². The summed E-state index contributed by atoms with van der Waals surface area (Å²) in [6.07, 6.45) is 5.15. The fourth-order valence-corrected chi connectivity index (χ4v) is 2.35. The molecular formula is C17H19N3. The topological polar surface area (TPSA) is 29.9 Å². The van der Waals surface area contributed by atoms with E-state index in [0.29, 0.717) is 0 Å². The molecule has 0 aliphatic carbocycles. The molecule has 0 aliphatic rings. The van der Waals surface area contributed by atoms with E-state index in [9.17, 15) is 0 Å². The van der Waals surface area contributed by atoms with Crippen molar-refractivity contribution >= 4 is 16.5 Å². The SMILES string of the molecule is CCCn1cc(CNc2ccc3ccccc3c2)cn1. The molecule has 0 atom stereocenters. The Hall–Kier alpha value is -2.29. The van der Waals surface area contributed by atoms with Gasteiger partial charge in [-0.1, -0.05) is 37.3 Å². The van der Waals surface area contributed by atoms with Crippen molar-refractivity contribution in [1.29, 1.82) is 0 Å². The highest BCUT2D eigenvalue weighted by Crippen LogP contribution is 2.19. The van der Waals surface area contributed by atoms with Crippen molar-refractivity contribution in [3.8, 4) is 0 Å². The summed E-state index contributed by atoms with van der Waals surface area (Å²) in [5.41, 5.74) is 2.36. The Balaban J connectivity index is 1.69. The minimum absolute atomic E-state index is 0.808. The largest absolute Gasteiger partial charge is 0.381 e. The molecule has 0 saturated heterocycles. The molecule has 0 unspecified atom stereocenters. The summed E-state index contributed by atoms with van der Waals surface area (Å²) in [5.74, 6) is 0. The highest BCUT2D eigenvalue weighted by Gasteiger charge is 1.99. The van der Waals surface area contributed by atoms with Gasteiger partial charge in [0, 0.05) is 30.5 Å². The smallest absolute Gasteiger partial charge is 0.0539 e. The first-order chi connectivity index (χ1) is 9.85. The summed E-state index contributed by atoms with van der Waals surface area (Å²) >= 11 is 0. The average Bonchev–Trinajstić information content (AvgIpc) is 2.93. The molecule has 0 radical (unpaired) electrons. The minimum atomic E-state index is 0.808. The van der Waals surface area contributed by atoms with E-state index in [2.05, 4.69) is 66.0 Å². The van der Waals surface area contributed by atoms with Crippen LogP contribution in [0.15, 0.2) is 54.9 Å². The molecule has 102 valence electrons. The van der Waals surface area contributed by atoms with E-state index >= 15 is 0 Å². The second kappa shape index (κ2) is 5.78. The minimum Gasteiger partial charge on any atom is -0.381 e. The van der Waals surface area contributed by atoms with E-state index in [1.54, 1.807) is 0 Å². The molecule has 1 aromatic heterocycles. The number of rotatable bonds is 5. The molecule has 0 fully saturated rings. The van der Waals surface area contributed by atoms with Gasteiger partial charge in [-0.05, 0) is 29.3 Å². The lowest BCUT2D eigenvalue weighted by atomic mass is 10.1. The Bertz CT molecular complexity index is 700. The summed E-state index contributed by atoms with van der Waals surface area (Å²) in [7, 11) is 0. The fourth-order valence-electron chi connectivity index (χ4n) is 2.35. The molecule has 0 aliphatic heterocycles. The zero-order valence-electron chi connectivity index (χ0n) is 11.7. The number of hydrogen-bond donors (Lipinski definition) is 1. The van der Waals surface area contributed by atoms with Crippen molar-refractivity contribution in [3.63, 3.8) is 0 Å². The van der Waals surface area contributed by atoms with Crippen molar-refractivity contribution in [2.75, 3.05) is 5.32 Å². The number of aromatic nitrogens is 2. The van der Waals surface area contributed by atoms with E-state index in [0.717, 1.165) is 25.2 Å². The lowest BCUT2D eigenvalue weighted by Gasteiger charge is -2.06. The van der Waals surface area contributed by atoms with Gasteiger partial charge in [0.05, 0.1) is 6.20 Å². The van der Waals surface area contributed by atoms with Gasteiger partial charge in [-0.25, -0.2) is 0 Å². The summed E-state index contributed by atoms with van der Waals surface area (Å²) in [5, 5.41) is 10.3. The molecule has 3 aromatic rings. The van der Waals surface area contributed by atoms with Gasteiger partial charge in [0.1, 0.15) is 0 Å². The predicted molar refractivity (Wildman–Crippen MR) is 83.8 cm³/mol. The van der Waals surface area contributed by atoms with Gasteiger partial charge in [-0.15, -0.1) is 0 Å². The average molecular weight is 265 g/mol. The molecule has 3 rings (SSSR count). The normalized spacial score (nSPS) is 10.8.